The first kappa shape index (κ1) is 27.8. The number of benzene rings is 2. The summed E-state index contributed by atoms with van der Waals surface area (Å²) in [7, 11) is 0.796. The molecule has 1 heterocycles. The minimum atomic E-state index is -4.98. The molecule has 0 aliphatic carbocycles. The smallest absolute Gasteiger partial charge is 0.431 e. The number of nitrogens with zero attached hydrogens (tertiary/aromatic N) is 2. The number of hydrogen-bond acceptors (Lipinski definition) is 6. The Labute approximate surface area is 212 Å². The zero-order chi connectivity index (χ0) is 27.7. The lowest BCUT2D eigenvalue weighted by Crippen LogP contribution is -2.41. The number of hydrogen-bond donors (Lipinski definition) is 0. The average Bonchev–Trinajstić information content (AvgIpc) is 2.76. The average molecular weight is 545 g/mol. The van der Waals surface area contributed by atoms with Crippen molar-refractivity contribution < 1.29 is 36.6 Å². The summed E-state index contributed by atoms with van der Waals surface area (Å²) < 4.78 is 71.0. The maximum Gasteiger partial charge on any atom is 0.431 e. The lowest BCUT2D eigenvalue weighted by Gasteiger charge is -2.20. The van der Waals surface area contributed by atoms with Crippen LogP contribution in [0.4, 0.5) is 17.6 Å². The van der Waals surface area contributed by atoms with Crippen LogP contribution in [0.5, 0.6) is 17.2 Å². The molecule has 3 rings (SSSR count). The molecule has 0 amide bonds. The van der Waals surface area contributed by atoms with Crippen LogP contribution in [0.2, 0.25) is 5.02 Å². The molecular formula is C24H21ClF4N2O6. The van der Waals surface area contributed by atoms with Crippen molar-refractivity contribution in [2.45, 2.75) is 32.5 Å². The standard InChI is InChI=1S/C24H21ClF4N2O6/c1-23(2,3)37-21(33)12-35-16-7-5-6-8-17(16)36-18-10-15(14(26)9-13(18)25)31-20(32)11-19(24(27,28)29)30(4)22(31)34/h5-11H,12H2,1-4H3. The summed E-state index contributed by atoms with van der Waals surface area (Å²) in [6, 6.07) is 7.85. The van der Waals surface area contributed by atoms with Gasteiger partial charge in [0.1, 0.15) is 22.9 Å². The highest BCUT2D eigenvalue weighted by Crippen LogP contribution is 2.37. The van der Waals surface area contributed by atoms with Crippen molar-refractivity contribution in [2.24, 2.45) is 7.05 Å². The maximum atomic E-state index is 14.8. The molecule has 0 aliphatic rings. The Hall–Kier alpha value is -3.80. The minimum absolute atomic E-state index is 0.0261. The second-order valence-electron chi connectivity index (χ2n) is 8.70. The summed E-state index contributed by atoms with van der Waals surface area (Å²) in [5, 5.41) is -0.278. The van der Waals surface area contributed by atoms with Crippen LogP contribution >= 0.6 is 11.6 Å². The van der Waals surface area contributed by atoms with E-state index in [4.69, 9.17) is 25.8 Å². The van der Waals surface area contributed by atoms with E-state index in [-0.39, 0.29) is 37.5 Å². The lowest BCUT2D eigenvalue weighted by molar-refractivity contribution is -0.157. The molecule has 198 valence electrons. The van der Waals surface area contributed by atoms with E-state index < -0.39 is 52.8 Å². The molecule has 13 heteroatoms. The van der Waals surface area contributed by atoms with Gasteiger partial charge in [-0.05, 0) is 39.0 Å². The van der Waals surface area contributed by atoms with Crippen LogP contribution in [0.15, 0.2) is 52.1 Å². The molecule has 0 saturated carbocycles. The van der Waals surface area contributed by atoms with Crippen LogP contribution in [-0.2, 0) is 22.8 Å². The molecule has 0 fully saturated rings. The fraction of sp³-hybridized carbons (Fsp3) is 0.292. The molecular weight excluding hydrogens is 524 g/mol. The summed E-state index contributed by atoms with van der Waals surface area (Å²) in [6.07, 6.45) is -4.98. The number of para-hydroxylation sites is 2. The highest BCUT2D eigenvalue weighted by molar-refractivity contribution is 6.32. The predicted molar refractivity (Wildman–Crippen MR) is 125 cm³/mol. The fourth-order valence-electron chi connectivity index (χ4n) is 3.17. The monoisotopic (exact) mass is 544 g/mol. The second-order valence-corrected chi connectivity index (χ2v) is 9.11. The summed E-state index contributed by atoms with van der Waals surface area (Å²) in [5.74, 6) is -1.95. The normalized spacial score (nSPS) is 11.8. The topological polar surface area (TPSA) is 88.8 Å². The van der Waals surface area contributed by atoms with Gasteiger partial charge >= 0.3 is 17.8 Å². The Kier molecular flexibility index (Phi) is 7.72. The number of rotatable bonds is 6. The number of ether oxygens (including phenoxy) is 3. The highest BCUT2D eigenvalue weighted by atomic mass is 35.5. The zero-order valence-electron chi connectivity index (χ0n) is 20.0. The largest absolute Gasteiger partial charge is 0.478 e. The molecule has 37 heavy (non-hydrogen) atoms. The molecule has 0 unspecified atom stereocenters. The maximum absolute atomic E-state index is 14.8. The minimum Gasteiger partial charge on any atom is -0.478 e. The second kappa shape index (κ2) is 10.3. The number of halogens is 5. The van der Waals surface area contributed by atoms with E-state index in [0.29, 0.717) is 0 Å². The summed E-state index contributed by atoms with van der Waals surface area (Å²) in [4.78, 5) is 37.0. The summed E-state index contributed by atoms with van der Waals surface area (Å²) in [6.45, 7) is 4.60. The van der Waals surface area contributed by atoms with Crippen molar-refractivity contribution in [3.05, 3.63) is 79.8 Å². The van der Waals surface area contributed by atoms with Crippen LogP contribution in [-0.4, -0.2) is 27.3 Å². The van der Waals surface area contributed by atoms with Gasteiger partial charge in [0.25, 0.3) is 5.56 Å². The van der Waals surface area contributed by atoms with Crippen LogP contribution < -0.4 is 20.7 Å². The van der Waals surface area contributed by atoms with Gasteiger partial charge in [-0.15, -0.1) is 0 Å². The van der Waals surface area contributed by atoms with Crippen molar-refractivity contribution in [1.29, 1.82) is 0 Å². The third-order valence-electron chi connectivity index (χ3n) is 4.69. The zero-order valence-corrected chi connectivity index (χ0v) is 20.7. The van der Waals surface area contributed by atoms with Gasteiger partial charge in [-0.25, -0.2) is 18.5 Å². The molecule has 1 aromatic heterocycles. The highest BCUT2D eigenvalue weighted by Gasteiger charge is 2.35. The van der Waals surface area contributed by atoms with E-state index in [1.54, 1.807) is 32.9 Å². The van der Waals surface area contributed by atoms with Crippen molar-refractivity contribution in [3.63, 3.8) is 0 Å². The van der Waals surface area contributed by atoms with Gasteiger partial charge in [0.2, 0.25) is 0 Å². The van der Waals surface area contributed by atoms with Gasteiger partial charge in [0.15, 0.2) is 18.1 Å². The predicted octanol–water partition coefficient (Wildman–Crippen LogP) is 4.86. The van der Waals surface area contributed by atoms with Gasteiger partial charge in [0.05, 0.1) is 10.7 Å². The van der Waals surface area contributed by atoms with Gasteiger partial charge in [0, 0.05) is 19.2 Å². The number of esters is 1. The molecule has 8 nitrogen and oxygen atoms in total. The van der Waals surface area contributed by atoms with E-state index in [2.05, 4.69) is 0 Å². The molecule has 0 atom stereocenters. The van der Waals surface area contributed by atoms with E-state index in [1.807, 2.05) is 0 Å². The number of aromatic nitrogens is 2. The van der Waals surface area contributed by atoms with Crippen molar-refractivity contribution in [1.82, 2.24) is 9.13 Å². The fourth-order valence-corrected chi connectivity index (χ4v) is 3.36. The van der Waals surface area contributed by atoms with Gasteiger partial charge in [-0.3, -0.25) is 9.36 Å². The molecule has 0 saturated heterocycles. The van der Waals surface area contributed by atoms with E-state index in [9.17, 15) is 31.9 Å². The Balaban J connectivity index is 2.00. The lowest BCUT2D eigenvalue weighted by atomic mass is 10.2. The Morgan fingerprint density at radius 2 is 1.62 bits per heavy atom. The SMILES string of the molecule is Cn1c(C(F)(F)F)cc(=O)n(-c2cc(Oc3ccccc3OCC(=O)OC(C)(C)C)c(Cl)cc2F)c1=O. The summed E-state index contributed by atoms with van der Waals surface area (Å²) in [5.41, 5.74) is -5.77. The molecule has 0 aliphatic heterocycles. The Morgan fingerprint density at radius 1 is 1.00 bits per heavy atom. The first-order valence-electron chi connectivity index (χ1n) is 10.6. The summed E-state index contributed by atoms with van der Waals surface area (Å²) >= 11 is 6.09. The van der Waals surface area contributed by atoms with Crippen molar-refractivity contribution in [3.8, 4) is 22.9 Å². The molecule has 0 spiro atoms. The third kappa shape index (κ3) is 6.50. The Bertz CT molecular complexity index is 1460. The van der Waals surface area contributed by atoms with Crippen LogP contribution in [0, 0.1) is 5.82 Å². The Morgan fingerprint density at radius 3 is 2.22 bits per heavy atom. The van der Waals surface area contributed by atoms with Crippen molar-refractivity contribution >= 4 is 17.6 Å². The molecule has 0 radical (unpaired) electrons. The van der Waals surface area contributed by atoms with Gasteiger partial charge in [-0.2, -0.15) is 13.2 Å². The number of carbonyl (C=O) groups is 1. The molecule has 3 aromatic rings. The van der Waals surface area contributed by atoms with E-state index >= 15 is 0 Å². The molecule has 0 bridgehead atoms. The van der Waals surface area contributed by atoms with Crippen LogP contribution in [0.1, 0.15) is 26.5 Å². The molecule has 2 aromatic carbocycles. The quantitative estimate of drug-likeness (QED) is 0.325. The first-order valence-corrected chi connectivity index (χ1v) is 11.0. The van der Waals surface area contributed by atoms with Crippen LogP contribution in [0.3, 0.4) is 0 Å². The number of carbonyl (C=O) groups excluding carboxylic acids is 1. The van der Waals surface area contributed by atoms with Crippen LogP contribution in [0.25, 0.3) is 5.69 Å². The third-order valence-corrected chi connectivity index (χ3v) is 4.98. The van der Waals surface area contributed by atoms with Gasteiger partial charge in [-0.1, -0.05) is 23.7 Å². The van der Waals surface area contributed by atoms with Crippen molar-refractivity contribution in [2.75, 3.05) is 6.61 Å². The number of alkyl halides is 3. The van der Waals surface area contributed by atoms with E-state index in [0.717, 1.165) is 19.2 Å². The first-order chi connectivity index (χ1) is 17.1. The van der Waals surface area contributed by atoms with E-state index in [1.165, 1.54) is 12.1 Å². The molecule has 0 N–H and O–H groups in total. The van der Waals surface area contributed by atoms with Gasteiger partial charge < -0.3 is 14.2 Å².